The van der Waals surface area contributed by atoms with Gasteiger partial charge in [0.15, 0.2) is 0 Å². The van der Waals surface area contributed by atoms with Gasteiger partial charge in [-0.15, -0.1) is 0 Å². The molecule has 2 amide bonds. The number of hydroxylamine groups is 1. The molecule has 0 aliphatic rings. The first kappa shape index (κ1) is 25.4. The molecule has 0 heterocycles. The zero-order valence-corrected chi connectivity index (χ0v) is 20.1. The second-order valence-electron chi connectivity index (χ2n) is 8.70. The Labute approximate surface area is 201 Å². The Balaban J connectivity index is 1.61. The highest BCUT2D eigenvalue weighted by Gasteiger charge is 2.09. The molecule has 3 aromatic carbocycles. The molecule has 3 aromatic rings. The van der Waals surface area contributed by atoms with Crippen LogP contribution in [0.3, 0.4) is 0 Å². The van der Waals surface area contributed by atoms with Crippen molar-refractivity contribution in [3.05, 3.63) is 82.9 Å². The molecule has 0 fully saturated rings. The standard InChI is InChI=1S/C28H35N3O3/c1-3-5-15-31(16-6-4-2)20-22-8-10-25-17-21(7-9-26(25)18-22)19-29-27(32)23-11-13-24(14-12-23)28(33)30-34/h7-14,17-18,34H,3-6,15-16,19-20H2,1-2H3,(H,29,32)(H,30,33). The van der Waals surface area contributed by atoms with Crippen molar-refractivity contribution in [2.45, 2.75) is 52.6 Å². The van der Waals surface area contributed by atoms with Crippen molar-refractivity contribution in [2.24, 2.45) is 0 Å². The Morgan fingerprint density at radius 3 is 1.85 bits per heavy atom. The summed E-state index contributed by atoms with van der Waals surface area (Å²) < 4.78 is 0. The molecular formula is C28H35N3O3. The SMILES string of the molecule is CCCCN(CCCC)Cc1ccc2cc(CNC(=O)c3ccc(C(=O)NO)cc3)ccc2c1. The van der Waals surface area contributed by atoms with Gasteiger partial charge in [-0.1, -0.05) is 51.0 Å². The van der Waals surface area contributed by atoms with Crippen LogP contribution in [-0.4, -0.2) is 35.0 Å². The van der Waals surface area contributed by atoms with Gasteiger partial charge in [0.05, 0.1) is 0 Å². The van der Waals surface area contributed by atoms with Gasteiger partial charge in [-0.3, -0.25) is 19.7 Å². The van der Waals surface area contributed by atoms with E-state index < -0.39 is 5.91 Å². The number of benzene rings is 3. The highest BCUT2D eigenvalue weighted by atomic mass is 16.5. The van der Waals surface area contributed by atoms with E-state index in [4.69, 9.17) is 5.21 Å². The maximum absolute atomic E-state index is 12.5. The molecule has 0 saturated heterocycles. The van der Waals surface area contributed by atoms with E-state index in [1.54, 1.807) is 17.6 Å². The van der Waals surface area contributed by atoms with Crippen LogP contribution in [-0.2, 0) is 13.1 Å². The second-order valence-corrected chi connectivity index (χ2v) is 8.70. The first-order valence-corrected chi connectivity index (χ1v) is 12.1. The van der Waals surface area contributed by atoms with Crippen LogP contribution in [0, 0.1) is 0 Å². The monoisotopic (exact) mass is 461 g/mol. The molecule has 3 rings (SSSR count). The van der Waals surface area contributed by atoms with Crippen LogP contribution >= 0.6 is 0 Å². The predicted molar refractivity (Wildman–Crippen MR) is 136 cm³/mol. The minimum Gasteiger partial charge on any atom is -0.348 e. The smallest absolute Gasteiger partial charge is 0.274 e. The molecule has 0 aliphatic heterocycles. The number of hydrogen-bond acceptors (Lipinski definition) is 4. The van der Waals surface area contributed by atoms with E-state index in [9.17, 15) is 9.59 Å². The summed E-state index contributed by atoms with van der Waals surface area (Å²) in [5, 5.41) is 14.0. The average Bonchev–Trinajstić information content (AvgIpc) is 2.88. The third kappa shape index (κ3) is 7.14. The number of unbranched alkanes of at least 4 members (excludes halogenated alkanes) is 2. The molecule has 0 atom stereocenters. The highest BCUT2D eigenvalue weighted by molar-refractivity contribution is 5.97. The minimum atomic E-state index is -0.610. The fourth-order valence-corrected chi connectivity index (χ4v) is 3.97. The fourth-order valence-electron chi connectivity index (χ4n) is 3.97. The Hall–Kier alpha value is -3.22. The lowest BCUT2D eigenvalue weighted by Gasteiger charge is -2.22. The molecule has 0 aliphatic carbocycles. The largest absolute Gasteiger partial charge is 0.348 e. The van der Waals surface area contributed by atoms with Crippen LogP contribution in [0.4, 0.5) is 0 Å². The lowest BCUT2D eigenvalue weighted by Crippen LogP contribution is -2.25. The number of nitrogens with zero attached hydrogens (tertiary/aromatic N) is 1. The van der Waals surface area contributed by atoms with Crippen molar-refractivity contribution in [3.8, 4) is 0 Å². The van der Waals surface area contributed by atoms with Crippen molar-refractivity contribution < 1.29 is 14.8 Å². The molecule has 0 bridgehead atoms. The lowest BCUT2D eigenvalue weighted by molar-refractivity contribution is 0.0706. The van der Waals surface area contributed by atoms with Crippen molar-refractivity contribution >= 4 is 22.6 Å². The van der Waals surface area contributed by atoms with Gasteiger partial charge in [0.1, 0.15) is 0 Å². The zero-order valence-electron chi connectivity index (χ0n) is 20.1. The molecule has 0 unspecified atom stereocenters. The molecule has 180 valence electrons. The number of hydrogen-bond donors (Lipinski definition) is 3. The normalized spacial score (nSPS) is 11.1. The van der Waals surface area contributed by atoms with Crippen molar-refractivity contribution in [2.75, 3.05) is 13.1 Å². The summed E-state index contributed by atoms with van der Waals surface area (Å²) in [6, 6.07) is 19.0. The van der Waals surface area contributed by atoms with Crippen LogP contribution in [0.25, 0.3) is 10.8 Å². The van der Waals surface area contributed by atoms with E-state index >= 15 is 0 Å². The number of nitrogens with one attached hydrogen (secondary N) is 2. The zero-order chi connectivity index (χ0) is 24.3. The van der Waals surface area contributed by atoms with Crippen LogP contribution in [0.2, 0.25) is 0 Å². The van der Waals surface area contributed by atoms with Crippen molar-refractivity contribution in [3.63, 3.8) is 0 Å². The van der Waals surface area contributed by atoms with Crippen LogP contribution < -0.4 is 10.8 Å². The van der Waals surface area contributed by atoms with Gasteiger partial charge in [0.25, 0.3) is 11.8 Å². The van der Waals surface area contributed by atoms with Gasteiger partial charge < -0.3 is 5.32 Å². The van der Waals surface area contributed by atoms with Crippen LogP contribution in [0.15, 0.2) is 60.7 Å². The molecule has 0 aromatic heterocycles. The minimum absolute atomic E-state index is 0.217. The first-order valence-electron chi connectivity index (χ1n) is 12.1. The lowest BCUT2D eigenvalue weighted by atomic mass is 10.0. The molecular weight excluding hydrogens is 426 g/mol. The van der Waals surface area contributed by atoms with Crippen molar-refractivity contribution in [1.29, 1.82) is 0 Å². The van der Waals surface area contributed by atoms with E-state index in [0.717, 1.165) is 30.6 Å². The van der Waals surface area contributed by atoms with Gasteiger partial charge >= 0.3 is 0 Å². The molecule has 0 spiro atoms. The Bertz CT molecular complexity index is 1090. The number of carbonyl (C=O) groups is 2. The van der Waals surface area contributed by atoms with E-state index in [1.165, 1.54) is 48.8 Å². The van der Waals surface area contributed by atoms with Gasteiger partial charge in [0.2, 0.25) is 0 Å². The second kappa shape index (κ2) is 12.9. The van der Waals surface area contributed by atoms with E-state index in [2.05, 4.69) is 54.4 Å². The predicted octanol–water partition coefficient (Wildman–Crippen LogP) is 5.29. The third-order valence-electron chi connectivity index (χ3n) is 5.99. The maximum atomic E-state index is 12.5. The molecule has 3 N–H and O–H groups in total. The van der Waals surface area contributed by atoms with Gasteiger partial charge in [-0.25, -0.2) is 5.48 Å². The topological polar surface area (TPSA) is 81.7 Å². The quantitative estimate of drug-likeness (QED) is 0.253. The van der Waals surface area contributed by atoms with Crippen LogP contribution in [0.1, 0.15) is 71.4 Å². The number of carbonyl (C=O) groups excluding carboxylic acids is 2. The van der Waals surface area contributed by atoms with Crippen LogP contribution in [0.5, 0.6) is 0 Å². The number of fused-ring (bicyclic) bond motifs is 1. The van der Waals surface area contributed by atoms with Crippen molar-refractivity contribution in [1.82, 2.24) is 15.7 Å². The molecule has 0 saturated carbocycles. The summed E-state index contributed by atoms with van der Waals surface area (Å²) in [5.74, 6) is -0.827. The van der Waals surface area contributed by atoms with E-state index in [0.29, 0.717) is 12.1 Å². The maximum Gasteiger partial charge on any atom is 0.274 e. The molecule has 6 nitrogen and oxygen atoms in total. The summed E-state index contributed by atoms with van der Waals surface area (Å²) >= 11 is 0. The molecule has 0 radical (unpaired) electrons. The number of amides is 2. The number of rotatable bonds is 12. The summed E-state index contributed by atoms with van der Waals surface area (Å²) in [4.78, 5) is 26.4. The highest BCUT2D eigenvalue weighted by Crippen LogP contribution is 2.20. The summed E-state index contributed by atoms with van der Waals surface area (Å²) in [5.41, 5.74) is 4.67. The fraction of sp³-hybridized carbons (Fsp3) is 0.357. The Morgan fingerprint density at radius 2 is 1.29 bits per heavy atom. The molecule has 34 heavy (non-hydrogen) atoms. The third-order valence-corrected chi connectivity index (χ3v) is 5.99. The first-order chi connectivity index (χ1) is 16.5. The molecule has 6 heteroatoms. The summed E-state index contributed by atoms with van der Waals surface area (Å²) in [6.07, 6.45) is 4.89. The average molecular weight is 462 g/mol. The summed E-state index contributed by atoms with van der Waals surface area (Å²) in [6.45, 7) is 8.16. The Kier molecular flexibility index (Phi) is 9.62. The van der Waals surface area contributed by atoms with Gasteiger partial charge in [-0.2, -0.15) is 0 Å². The van der Waals surface area contributed by atoms with Gasteiger partial charge in [0, 0.05) is 24.2 Å². The van der Waals surface area contributed by atoms with E-state index in [-0.39, 0.29) is 11.5 Å². The van der Waals surface area contributed by atoms with E-state index in [1.807, 2.05) is 6.07 Å². The Morgan fingerprint density at radius 1 is 0.765 bits per heavy atom. The van der Waals surface area contributed by atoms with Gasteiger partial charge in [-0.05, 0) is 84.2 Å². The summed E-state index contributed by atoms with van der Waals surface area (Å²) in [7, 11) is 0.